The van der Waals surface area contributed by atoms with Crippen LogP contribution in [0, 0.1) is 0 Å². The number of hydrogen-bond donors (Lipinski definition) is 0. The van der Waals surface area contributed by atoms with E-state index in [0.29, 0.717) is 6.42 Å². The van der Waals surface area contributed by atoms with Crippen LogP contribution in [0.1, 0.15) is 43.6 Å². The van der Waals surface area contributed by atoms with Gasteiger partial charge in [-0.05, 0) is 22.1 Å². The molecule has 0 N–H and O–H groups in total. The van der Waals surface area contributed by atoms with Gasteiger partial charge in [0.25, 0.3) is 0 Å². The second-order valence-corrected chi connectivity index (χ2v) is 4.84. The molecule has 0 bridgehead atoms. The minimum Gasteiger partial charge on any atom is -0.242 e. The lowest BCUT2D eigenvalue weighted by Gasteiger charge is -2.27. The molecule has 0 saturated heterocycles. The quantitative estimate of drug-likeness (QED) is 0.570. The van der Waals surface area contributed by atoms with E-state index in [0.717, 1.165) is 5.56 Å². The van der Waals surface area contributed by atoms with Gasteiger partial charge in [0.05, 0.1) is 0 Å². The SMILES string of the molecule is CC(C)(C)c1ccc2c(c1)CC2F. The molecule has 1 unspecified atom stereocenters. The minimum absolute atomic E-state index is 0.177. The van der Waals surface area contributed by atoms with Gasteiger partial charge in [0, 0.05) is 6.42 Å². The van der Waals surface area contributed by atoms with Crippen LogP contribution in [-0.2, 0) is 11.8 Å². The third kappa shape index (κ3) is 1.37. The van der Waals surface area contributed by atoms with Crippen LogP contribution in [0.5, 0.6) is 0 Å². The van der Waals surface area contributed by atoms with E-state index in [1.54, 1.807) is 0 Å². The van der Waals surface area contributed by atoms with Gasteiger partial charge in [0.1, 0.15) is 6.17 Å². The molecule has 0 nitrogen and oxygen atoms in total. The summed E-state index contributed by atoms with van der Waals surface area (Å²) in [5.41, 5.74) is 3.57. The van der Waals surface area contributed by atoms with E-state index >= 15 is 0 Å². The highest BCUT2D eigenvalue weighted by molar-refractivity contribution is 5.42. The van der Waals surface area contributed by atoms with Crippen molar-refractivity contribution in [2.45, 2.75) is 38.8 Å². The van der Waals surface area contributed by atoms with Crippen molar-refractivity contribution in [1.29, 1.82) is 0 Å². The maximum absolute atomic E-state index is 12.9. The summed E-state index contributed by atoms with van der Waals surface area (Å²) in [4.78, 5) is 0. The fourth-order valence-electron chi connectivity index (χ4n) is 1.73. The first-order valence-electron chi connectivity index (χ1n) is 4.76. The summed E-state index contributed by atoms with van der Waals surface area (Å²) in [5.74, 6) is 0. The van der Waals surface area contributed by atoms with Crippen LogP contribution in [-0.4, -0.2) is 0 Å². The maximum Gasteiger partial charge on any atom is 0.129 e. The molecule has 1 aliphatic rings. The fourth-order valence-corrected chi connectivity index (χ4v) is 1.73. The second kappa shape index (κ2) is 2.57. The Morgan fingerprint density at radius 3 is 2.46 bits per heavy atom. The molecule has 0 spiro atoms. The molecule has 70 valence electrons. The average Bonchev–Trinajstić information content (AvgIpc) is 2.00. The number of halogens is 1. The van der Waals surface area contributed by atoms with E-state index in [4.69, 9.17) is 0 Å². The van der Waals surface area contributed by atoms with Gasteiger partial charge in [-0.2, -0.15) is 0 Å². The van der Waals surface area contributed by atoms with Crippen LogP contribution >= 0.6 is 0 Å². The maximum atomic E-state index is 12.9. The Hall–Kier alpha value is -0.850. The summed E-state index contributed by atoms with van der Waals surface area (Å²) in [5, 5.41) is 0. The van der Waals surface area contributed by atoms with E-state index in [1.165, 1.54) is 11.1 Å². The summed E-state index contributed by atoms with van der Waals surface area (Å²) >= 11 is 0. The molecule has 0 aliphatic heterocycles. The third-order valence-corrected chi connectivity index (χ3v) is 2.75. The molecule has 0 heterocycles. The van der Waals surface area contributed by atoms with Crippen molar-refractivity contribution >= 4 is 0 Å². The van der Waals surface area contributed by atoms with Crippen LogP contribution in [0.4, 0.5) is 4.39 Å². The molecule has 13 heavy (non-hydrogen) atoms. The number of alkyl halides is 1. The molecule has 2 rings (SSSR count). The molecule has 1 heteroatoms. The fraction of sp³-hybridized carbons (Fsp3) is 0.500. The molecule has 0 saturated carbocycles. The van der Waals surface area contributed by atoms with Gasteiger partial charge in [0.2, 0.25) is 0 Å². The van der Waals surface area contributed by atoms with Crippen LogP contribution in [0.25, 0.3) is 0 Å². The second-order valence-electron chi connectivity index (χ2n) is 4.84. The number of fused-ring (bicyclic) bond motifs is 1. The summed E-state index contributed by atoms with van der Waals surface area (Å²) in [6.07, 6.45) is -0.0942. The van der Waals surface area contributed by atoms with Crippen LogP contribution in [0.15, 0.2) is 18.2 Å². The van der Waals surface area contributed by atoms with Gasteiger partial charge in [-0.25, -0.2) is 4.39 Å². The summed E-state index contributed by atoms with van der Waals surface area (Å²) < 4.78 is 12.9. The number of hydrogen-bond acceptors (Lipinski definition) is 0. The Morgan fingerprint density at radius 2 is 2.00 bits per heavy atom. The van der Waals surface area contributed by atoms with Gasteiger partial charge in [-0.15, -0.1) is 0 Å². The topological polar surface area (TPSA) is 0 Å². The minimum atomic E-state index is -0.705. The Morgan fingerprint density at radius 1 is 1.31 bits per heavy atom. The normalized spacial score (nSPS) is 20.8. The van der Waals surface area contributed by atoms with Gasteiger partial charge < -0.3 is 0 Å². The summed E-state index contributed by atoms with van der Waals surface area (Å²) in [6.45, 7) is 6.54. The van der Waals surface area contributed by atoms with Gasteiger partial charge in [-0.3, -0.25) is 0 Å². The number of benzene rings is 1. The van der Waals surface area contributed by atoms with Crippen LogP contribution < -0.4 is 0 Å². The molecule has 1 aromatic carbocycles. The zero-order valence-corrected chi connectivity index (χ0v) is 8.39. The first-order valence-corrected chi connectivity index (χ1v) is 4.76. The highest BCUT2D eigenvalue weighted by atomic mass is 19.1. The molecular weight excluding hydrogens is 163 g/mol. The van der Waals surface area contributed by atoms with Crippen LogP contribution in [0.2, 0.25) is 0 Å². The smallest absolute Gasteiger partial charge is 0.129 e. The van der Waals surface area contributed by atoms with Gasteiger partial charge in [-0.1, -0.05) is 39.0 Å². The molecule has 0 fully saturated rings. The van der Waals surface area contributed by atoms with E-state index < -0.39 is 6.17 Å². The van der Waals surface area contributed by atoms with Crippen molar-refractivity contribution in [2.24, 2.45) is 0 Å². The average molecular weight is 178 g/mol. The monoisotopic (exact) mass is 178 g/mol. The highest BCUT2D eigenvalue weighted by Crippen LogP contribution is 2.38. The zero-order valence-electron chi connectivity index (χ0n) is 8.39. The lowest BCUT2D eigenvalue weighted by Crippen LogP contribution is -2.17. The van der Waals surface area contributed by atoms with E-state index in [9.17, 15) is 4.39 Å². The predicted octanol–water partition coefficient (Wildman–Crippen LogP) is 3.55. The first kappa shape index (κ1) is 8.74. The lowest BCUT2D eigenvalue weighted by molar-refractivity contribution is 0.305. The Balaban J connectivity index is 2.39. The molecule has 0 amide bonds. The summed E-state index contributed by atoms with van der Waals surface area (Å²) in [6, 6.07) is 6.13. The van der Waals surface area contributed by atoms with Crippen LogP contribution in [0.3, 0.4) is 0 Å². The largest absolute Gasteiger partial charge is 0.242 e. The molecule has 1 atom stereocenters. The van der Waals surface area contributed by atoms with Crippen molar-refractivity contribution in [3.63, 3.8) is 0 Å². The molecule has 0 aromatic heterocycles. The Bertz CT molecular complexity index is 333. The van der Waals surface area contributed by atoms with Crippen molar-refractivity contribution < 1.29 is 4.39 Å². The Kier molecular flexibility index (Phi) is 1.73. The van der Waals surface area contributed by atoms with Gasteiger partial charge in [0.15, 0.2) is 0 Å². The van der Waals surface area contributed by atoms with E-state index in [2.05, 4.69) is 26.8 Å². The molecule has 0 radical (unpaired) electrons. The lowest BCUT2D eigenvalue weighted by atomic mass is 9.79. The standard InChI is InChI=1S/C12H15F/c1-12(2,3)9-4-5-10-8(6-9)7-11(10)13/h4-6,11H,7H2,1-3H3. The zero-order chi connectivity index (χ0) is 9.64. The highest BCUT2D eigenvalue weighted by Gasteiger charge is 2.27. The molecule has 1 aromatic rings. The summed E-state index contributed by atoms with van der Waals surface area (Å²) in [7, 11) is 0. The van der Waals surface area contributed by atoms with Crippen molar-refractivity contribution in [1.82, 2.24) is 0 Å². The van der Waals surface area contributed by atoms with Crippen molar-refractivity contribution in [3.05, 3.63) is 34.9 Å². The molecule has 1 aliphatic carbocycles. The predicted molar refractivity (Wildman–Crippen MR) is 52.7 cm³/mol. The number of rotatable bonds is 0. The molecular formula is C12H15F. The Labute approximate surface area is 78.8 Å². The van der Waals surface area contributed by atoms with E-state index in [1.807, 2.05) is 12.1 Å². The first-order chi connectivity index (χ1) is 5.98. The van der Waals surface area contributed by atoms with Crippen molar-refractivity contribution in [3.8, 4) is 0 Å². The van der Waals surface area contributed by atoms with Crippen molar-refractivity contribution in [2.75, 3.05) is 0 Å². The van der Waals surface area contributed by atoms with E-state index in [-0.39, 0.29) is 5.41 Å². The van der Waals surface area contributed by atoms with Gasteiger partial charge >= 0.3 is 0 Å². The third-order valence-electron chi connectivity index (χ3n) is 2.75.